The van der Waals surface area contributed by atoms with Crippen molar-refractivity contribution in [2.75, 3.05) is 5.32 Å². The van der Waals surface area contributed by atoms with E-state index < -0.39 is 0 Å². The van der Waals surface area contributed by atoms with E-state index in [2.05, 4.69) is 36.8 Å². The number of tetrazole rings is 1. The van der Waals surface area contributed by atoms with Crippen molar-refractivity contribution in [1.29, 1.82) is 0 Å². The van der Waals surface area contributed by atoms with Gasteiger partial charge in [-0.2, -0.15) is 4.68 Å². The average molecular weight is 386 g/mol. The van der Waals surface area contributed by atoms with Crippen LogP contribution in [0.3, 0.4) is 0 Å². The predicted octanol–water partition coefficient (Wildman–Crippen LogP) is 2.88. The molecular weight excluding hydrogens is 374 g/mol. The first-order valence-corrected chi connectivity index (χ1v) is 7.79. The van der Waals surface area contributed by atoms with Crippen LogP contribution in [-0.2, 0) is 0 Å². The van der Waals surface area contributed by atoms with E-state index >= 15 is 0 Å². The lowest BCUT2D eigenvalue weighted by Gasteiger charge is -2.10. The van der Waals surface area contributed by atoms with Gasteiger partial charge in [0.1, 0.15) is 6.33 Å². The highest BCUT2D eigenvalue weighted by molar-refractivity contribution is 9.10. The van der Waals surface area contributed by atoms with E-state index in [9.17, 15) is 9.59 Å². The molecule has 0 fully saturated rings. The average Bonchev–Trinajstić information content (AvgIpc) is 3.09. The highest BCUT2D eigenvalue weighted by Gasteiger charge is 2.15. The topological polar surface area (TPSA) is 89.8 Å². The number of anilines is 1. The molecule has 1 N–H and O–H groups in total. The molecule has 2 aromatic carbocycles. The van der Waals surface area contributed by atoms with Gasteiger partial charge in [0.05, 0.1) is 11.3 Å². The molecule has 1 amide bonds. The van der Waals surface area contributed by atoms with E-state index in [-0.39, 0.29) is 11.7 Å². The molecule has 0 bridgehead atoms. The monoisotopic (exact) mass is 385 g/mol. The predicted molar refractivity (Wildman–Crippen MR) is 91.3 cm³/mol. The van der Waals surface area contributed by atoms with Crippen molar-refractivity contribution in [2.24, 2.45) is 0 Å². The first-order chi connectivity index (χ1) is 11.5. The summed E-state index contributed by atoms with van der Waals surface area (Å²) in [6.45, 7) is 1.49. The fourth-order valence-corrected chi connectivity index (χ4v) is 2.51. The van der Waals surface area contributed by atoms with Gasteiger partial charge in [0.2, 0.25) is 0 Å². The lowest BCUT2D eigenvalue weighted by molar-refractivity contribution is 0.101. The van der Waals surface area contributed by atoms with Crippen LogP contribution in [-0.4, -0.2) is 31.9 Å². The second-order valence-electron chi connectivity index (χ2n) is 5.00. The molecule has 0 atom stereocenters. The zero-order valence-corrected chi connectivity index (χ0v) is 14.2. The van der Waals surface area contributed by atoms with Gasteiger partial charge in [0.15, 0.2) is 5.78 Å². The Kier molecular flexibility index (Phi) is 4.48. The first kappa shape index (κ1) is 16.0. The lowest BCUT2D eigenvalue weighted by atomic mass is 10.1. The molecule has 24 heavy (non-hydrogen) atoms. The molecule has 0 saturated carbocycles. The van der Waals surface area contributed by atoms with E-state index in [0.29, 0.717) is 22.5 Å². The minimum Gasteiger partial charge on any atom is -0.322 e. The zero-order chi connectivity index (χ0) is 17.1. The normalized spacial score (nSPS) is 10.4. The number of benzene rings is 2. The quantitative estimate of drug-likeness (QED) is 0.697. The van der Waals surface area contributed by atoms with E-state index in [1.165, 1.54) is 17.9 Å². The molecule has 3 rings (SSSR count). The number of nitrogens with one attached hydrogen (secondary N) is 1. The summed E-state index contributed by atoms with van der Waals surface area (Å²) in [6, 6.07) is 11.9. The fourth-order valence-electron chi connectivity index (χ4n) is 2.15. The summed E-state index contributed by atoms with van der Waals surface area (Å²) in [5.74, 6) is -0.335. The van der Waals surface area contributed by atoms with Crippen LogP contribution in [0, 0.1) is 0 Å². The van der Waals surface area contributed by atoms with Gasteiger partial charge in [-0.3, -0.25) is 9.59 Å². The number of ketones is 1. The molecule has 0 aliphatic carbocycles. The van der Waals surface area contributed by atoms with Crippen LogP contribution in [0.1, 0.15) is 27.6 Å². The van der Waals surface area contributed by atoms with Crippen LogP contribution in [0.5, 0.6) is 0 Å². The standard InChI is InChI=1S/C16H12BrN5O2/c1-10(23)11-2-5-13(6-3-11)19-16(24)14-8-12(17)4-7-15(14)22-9-18-20-21-22/h2-9H,1H3,(H,19,24). The smallest absolute Gasteiger partial charge is 0.257 e. The molecule has 0 aliphatic rings. The molecule has 0 radical (unpaired) electrons. The zero-order valence-electron chi connectivity index (χ0n) is 12.6. The van der Waals surface area contributed by atoms with Crippen LogP contribution in [0.15, 0.2) is 53.3 Å². The number of amides is 1. The number of Topliss-reactive ketones (excluding diaryl/α,β-unsaturated/α-hetero) is 1. The maximum atomic E-state index is 12.6. The van der Waals surface area contributed by atoms with Crippen LogP contribution in [0.25, 0.3) is 5.69 Å². The van der Waals surface area contributed by atoms with Crippen LogP contribution >= 0.6 is 15.9 Å². The molecule has 0 aliphatic heterocycles. The van der Waals surface area contributed by atoms with Crippen molar-refractivity contribution < 1.29 is 9.59 Å². The minimum absolute atomic E-state index is 0.0270. The molecule has 1 heterocycles. The first-order valence-electron chi connectivity index (χ1n) is 7.00. The SMILES string of the molecule is CC(=O)c1ccc(NC(=O)c2cc(Br)ccc2-n2cnnn2)cc1. The molecule has 3 aromatic rings. The number of nitrogens with zero attached hydrogens (tertiary/aromatic N) is 4. The second kappa shape index (κ2) is 6.71. The Balaban J connectivity index is 1.90. The van der Waals surface area contributed by atoms with Crippen LogP contribution < -0.4 is 5.32 Å². The molecule has 0 unspecified atom stereocenters. The maximum Gasteiger partial charge on any atom is 0.257 e. The number of carbonyl (C=O) groups excluding carboxylic acids is 2. The summed E-state index contributed by atoms with van der Waals surface area (Å²) in [7, 11) is 0. The van der Waals surface area contributed by atoms with Gasteiger partial charge in [0, 0.05) is 15.7 Å². The third-order valence-corrected chi connectivity index (χ3v) is 3.84. The molecule has 1 aromatic heterocycles. The number of aromatic nitrogens is 4. The summed E-state index contributed by atoms with van der Waals surface area (Å²) in [5.41, 5.74) is 2.14. The van der Waals surface area contributed by atoms with Gasteiger partial charge in [-0.1, -0.05) is 15.9 Å². The minimum atomic E-state index is -0.308. The fraction of sp³-hybridized carbons (Fsp3) is 0.0625. The number of hydrogen-bond acceptors (Lipinski definition) is 5. The highest BCUT2D eigenvalue weighted by Crippen LogP contribution is 2.21. The van der Waals surface area contributed by atoms with Crippen LogP contribution in [0.4, 0.5) is 5.69 Å². The van der Waals surface area contributed by atoms with E-state index in [0.717, 1.165) is 4.47 Å². The Morgan fingerprint density at radius 1 is 1.12 bits per heavy atom. The van der Waals surface area contributed by atoms with Gasteiger partial charge in [0.25, 0.3) is 5.91 Å². The van der Waals surface area contributed by atoms with Gasteiger partial charge in [-0.05, 0) is 59.8 Å². The third kappa shape index (κ3) is 3.38. The molecule has 120 valence electrons. The van der Waals surface area contributed by atoms with E-state index in [1.54, 1.807) is 42.5 Å². The Morgan fingerprint density at radius 3 is 2.50 bits per heavy atom. The summed E-state index contributed by atoms with van der Waals surface area (Å²) in [5, 5.41) is 13.8. The van der Waals surface area contributed by atoms with Crippen molar-refractivity contribution in [3.8, 4) is 5.69 Å². The third-order valence-electron chi connectivity index (χ3n) is 3.35. The summed E-state index contributed by atoms with van der Waals surface area (Å²) in [4.78, 5) is 23.9. The number of halogens is 1. The van der Waals surface area contributed by atoms with Gasteiger partial charge >= 0.3 is 0 Å². The van der Waals surface area contributed by atoms with Crippen molar-refractivity contribution in [2.45, 2.75) is 6.92 Å². The molecule has 0 saturated heterocycles. The van der Waals surface area contributed by atoms with Crippen molar-refractivity contribution in [3.05, 3.63) is 64.4 Å². The summed E-state index contributed by atoms with van der Waals surface area (Å²) >= 11 is 3.36. The number of carbonyl (C=O) groups is 2. The van der Waals surface area contributed by atoms with Crippen molar-refractivity contribution in [1.82, 2.24) is 20.2 Å². The molecular formula is C16H12BrN5O2. The van der Waals surface area contributed by atoms with Crippen molar-refractivity contribution >= 4 is 33.3 Å². The summed E-state index contributed by atoms with van der Waals surface area (Å²) < 4.78 is 2.18. The highest BCUT2D eigenvalue weighted by atomic mass is 79.9. The lowest BCUT2D eigenvalue weighted by Crippen LogP contribution is -2.15. The Bertz CT molecular complexity index is 891. The number of hydrogen-bond donors (Lipinski definition) is 1. The Labute approximate surface area is 145 Å². The molecule has 8 heteroatoms. The molecule has 7 nitrogen and oxygen atoms in total. The van der Waals surface area contributed by atoms with E-state index in [1.807, 2.05) is 0 Å². The van der Waals surface area contributed by atoms with Crippen LogP contribution in [0.2, 0.25) is 0 Å². The largest absolute Gasteiger partial charge is 0.322 e. The van der Waals surface area contributed by atoms with Gasteiger partial charge in [-0.15, -0.1) is 5.10 Å². The second-order valence-corrected chi connectivity index (χ2v) is 5.92. The van der Waals surface area contributed by atoms with Gasteiger partial charge < -0.3 is 5.32 Å². The summed E-state index contributed by atoms with van der Waals surface area (Å²) in [6.07, 6.45) is 1.42. The maximum absolute atomic E-state index is 12.6. The van der Waals surface area contributed by atoms with Crippen molar-refractivity contribution in [3.63, 3.8) is 0 Å². The Hall–Kier alpha value is -2.87. The van der Waals surface area contributed by atoms with Gasteiger partial charge in [-0.25, -0.2) is 0 Å². The molecule has 0 spiro atoms. The Morgan fingerprint density at radius 2 is 1.88 bits per heavy atom. The van der Waals surface area contributed by atoms with E-state index in [4.69, 9.17) is 0 Å². The number of rotatable bonds is 4.